The molecule has 4 nitrogen and oxygen atoms in total. The van der Waals surface area contributed by atoms with Gasteiger partial charge in [-0.2, -0.15) is 5.26 Å². The van der Waals surface area contributed by atoms with Gasteiger partial charge in [0.15, 0.2) is 0 Å². The predicted octanol–water partition coefficient (Wildman–Crippen LogP) is 2.41. The molecule has 0 amide bonds. The van der Waals surface area contributed by atoms with Gasteiger partial charge in [0.05, 0.1) is 5.70 Å². The maximum absolute atomic E-state index is 9.14. The fourth-order valence-electron chi connectivity index (χ4n) is 1.37. The number of hydrogen-bond acceptors (Lipinski definition) is 3. The molecule has 0 spiro atoms. The smallest absolute Gasteiger partial charge is 0.138 e. The molecular weight excluding hydrogens is 292 g/mol. The fraction of sp³-hybridized carbons (Fsp3) is 0.231. The highest BCUT2D eigenvalue weighted by Crippen LogP contribution is 2.17. The van der Waals surface area contributed by atoms with Gasteiger partial charge in [-0.1, -0.05) is 28.1 Å². The molecule has 0 bridgehead atoms. The van der Waals surface area contributed by atoms with E-state index in [1.54, 1.807) is 0 Å². The van der Waals surface area contributed by atoms with Crippen molar-refractivity contribution in [3.05, 3.63) is 39.9 Å². The van der Waals surface area contributed by atoms with Crippen molar-refractivity contribution in [2.45, 2.75) is 19.9 Å². The highest BCUT2D eigenvalue weighted by atomic mass is 79.9. The lowest BCUT2D eigenvalue weighted by molar-refractivity contribution is 0.834. The van der Waals surface area contributed by atoms with Gasteiger partial charge in [0.1, 0.15) is 17.5 Å². The summed E-state index contributed by atoms with van der Waals surface area (Å²) in [7, 11) is 0. The molecule has 1 rings (SSSR count). The van der Waals surface area contributed by atoms with E-state index in [4.69, 9.17) is 16.7 Å². The van der Waals surface area contributed by atoms with Crippen molar-refractivity contribution in [2.75, 3.05) is 0 Å². The zero-order valence-electron chi connectivity index (χ0n) is 10.3. The van der Waals surface area contributed by atoms with E-state index in [-0.39, 0.29) is 17.5 Å². The minimum atomic E-state index is 0.0195. The molecule has 0 atom stereocenters. The molecule has 18 heavy (non-hydrogen) atoms. The Balaban J connectivity index is 3.24. The summed E-state index contributed by atoms with van der Waals surface area (Å²) < 4.78 is 0.946. The average molecular weight is 307 g/mol. The van der Waals surface area contributed by atoms with Gasteiger partial charge < -0.3 is 11.5 Å². The van der Waals surface area contributed by atoms with Crippen LogP contribution in [0.4, 0.5) is 0 Å². The van der Waals surface area contributed by atoms with Gasteiger partial charge in [0, 0.05) is 10.5 Å². The summed E-state index contributed by atoms with van der Waals surface area (Å²) in [6, 6.07) is 9.37. The van der Waals surface area contributed by atoms with E-state index in [0.717, 1.165) is 10.0 Å². The van der Waals surface area contributed by atoms with E-state index in [2.05, 4.69) is 20.9 Å². The minimum Gasteiger partial charge on any atom is -0.397 e. The number of nitriles is 1. The molecule has 0 saturated heterocycles. The molecule has 0 unspecified atom stereocenters. The van der Waals surface area contributed by atoms with Crippen LogP contribution >= 0.6 is 15.9 Å². The van der Waals surface area contributed by atoms with E-state index >= 15 is 0 Å². The Morgan fingerprint density at radius 1 is 1.28 bits per heavy atom. The third-order valence-corrected chi connectivity index (χ3v) is 2.72. The summed E-state index contributed by atoms with van der Waals surface area (Å²) in [5.41, 5.74) is 13.0. The number of nitrogens with zero attached hydrogens (tertiary/aromatic N) is 2. The van der Waals surface area contributed by atoms with Crippen molar-refractivity contribution < 1.29 is 0 Å². The first-order valence-corrected chi connectivity index (χ1v) is 6.24. The standard InChI is InChI=1S/C13H15BrN4/c1-8(2)18-13(17)11(7-15)12(16)9-3-5-10(14)6-4-9/h3-6,8H,16H2,1-2H3,(H2,17,18)/b12-11-. The van der Waals surface area contributed by atoms with Gasteiger partial charge in [-0.3, -0.25) is 4.99 Å². The molecule has 0 saturated carbocycles. The van der Waals surface area contributed by atoms with Gasteiger partial charge in [-0.25, -0.2) is 0 Å². The van der Waals surface area contributed by atoms with E-state index in [1.807, 2.05) is 44.2 Å². The summed E-state index contributed by atoms with van der Waals surface area (Å²) in [5.74, 6) is 0.174. The SMILES string of the molecule is CC(C)N=C(N)/C(C#N)=C(\N)c1ccc(Br)cc1. The molecule has 0 radical (unpaired) electrons. The van der Waals surface area contributed by atoms with Crippen LogP contribution in [0.15, 0.2) is 39.3 Å². The van der Waals surface area contributed by atoms with Gasteiger partial charge >= 0.3 is 0 Å². The van der Waals surface area contributed by atoms with E-state index in [1.165, 1.54) is 0 Å². The van der Waals surface area contributed by atoms with Crippen LogP contribution in [-0.2, 0) is 0 Å². The normalized spacial score (nSPS) is 13.2. The van der Waals surface area contributed by atoms with Crippen LogP contribution in [0, 0.1) is 11.3 Å². The third-order valence-electron chi connectivity index (χ3n) is 2.19. The monoisotopic (exact) mass is 306 g/mol. The summed E-state index contributed by atoms with van der Waals surface area (Å²) in [4.78, 5) is 4.14. The molecule has 0 heterocycles. The fourth-order valence-corrected chi connectivity index (χ4v) is 1.64. The lowest BCUT2D eigenvalue weighted by Gasteiger charge is -2.07. The van der Waals surface area contributed by atoms with Gasteiger partial charge in [-0.15, -0.1) is 0 Å². The lowest BCUT2D eigenvalue weighted by Crippen LogP contribution is -2.19. The largest absolute Gasteiger partial charge is 0.397 e. The lowest BCUT2D eigenvalue weighted by atomic mass is 10.1. The molecule has 0 aliphatic carbocycles. The second kappa shape index (κ2) is 6.22. The van der Waals surface area contributed by atoms with E-state index < -0.39 is 0 Å². The molecule has 4 N–H and O–H groups in total. The van der Waals surface area contributed by atoms with Crippen LogP contribution in [-0.4, -0.2) is 11.9 Å². The molecule has 1 aromatic carbocycles. The third kappa shape index (κ3) is 3.60. The maximum Gasteiger partial charge on any atom is 0.138 e. The van der Waals surface area contributed by atoms with Crippen molar-refractivity contribution in [3.63, 3.8) is 0 Å². The Labute approximate surface area is 115 Å². The number of amidine groups is 1. The van der Waals surface area contributed by atoms with Crippen LogP contribution in [0.3, 0.4) is 0 Å². The molecule has 0 aromatic heterocycles. The van der Waals surface area contributed by atoms with Gasteiger partial charge in [-0.05, 0) is 31.5 Å². The van der Waals surface area contributed by atoms with Crippen LogP contribution < -0.4 is 11.5 Å². The highest BCUT2D eigenvalue weighted by molar-refractivity contribution is 9.10. The Bertz CT molecular complexity index is 521. The molecule has 0 fully saturated rings. The van der Waals surface area contributed by atoms with Crippen molar-refractivity contribution in [2.24, 2.45) is 16.5 Å². The first-order valence-electron chi connectivity index (χ1n) is 5.45. The first-order chi connectivity index (χ1) is 8.45. The summed E-state index contributed by atoms with van der Waals surface area (Å²) in [6.07, 6.45) is 0. The van der Waals surface area contributed by atoms with Crippen LogP contribution in [0.2, 0.25) is 0 Å². The second-order valence-electron chi connectivity index (χ2n) is 4.02. The van der Waals surface area contributed by atoms with Crippen LogP contribution in [0.25, 0.3) is 5.70 Å². The van der Waals surface area contributed by atoms with Crippen LogP contribution in [0.1, 0.15) is 19.4 Å². The van der Waals surface area contributed by atoms with Gasteiger partial charge in [0.2, 0.25) is 0 Å². The molecule has 94 valence electrons. The van der Waals surface area contributed by atoms with Gasteiger partial charge in [0.25, 0.3) is 0 Å². The van der Waals surface area contributed by atoms with Crippen LogP contribution in [0.5, 0.6) is 0 Å². The summed E-state index contributed by atoms with van der Waals surface area (Å²) in [5, 5.41) is 9.14. The number of rotatable bonds is 3. The Kier molecular flexibility index (Phi) is 4.93. The number of halogens is 1. The average Bonchev–Trinajstić information content (AvgIpc) is 2.29. The number of nitrogens with two attached hydrogens (primary N) is 2. The molecule has 0 aliphatic rings. The number of hydrogen-bond donors (Lipinski definition) is 2. The van der Waals surface area contributed by atoms with Crippen molar-refractivity contribution in [1.82, 2.24) is 0 Å². The molecule has 1 aromatic rings. The maximum atomic E-state index is 9.14. The summed E-state index contributed by atoms with van der Waals surface area (Å²) >= 11 is 3.34. The Morgan fingerprint density at radius 2 is 1.83 bits per heavy atom. The van der Waals surface area contributed by atoms with Crippen molar-refractivity contribution in [3.8, 4) is 6.07 Å². The Hall–Kier alpha value is -1.80. The Morgan fingerprint density at radius 3 is 2.28 bits per heavy atom. The molecule has 5 heteroatoms. The topological polar surface area (TPSA) is 88.2 Å². The zero-order chi connectivity index (χ0) is 13.7. The number of benzene rings is 1. The quantitative estimate of drug-likeness (QED) is 0.510. The van der Waals surface area contributed by atoms with E-state index in [9.17, 15) is 0 Å². The minimum absolute atomic E-state index is 0.0195. The van der Waals surface area contributed by atoms with Crippen molar-refractivity contribution in [1.29, 1.82) is 5.26 Å². The second-order valence-corrected chi connectivity index (χ2v) is 4.93. The van der Waals surface area contributed by atoms with E-state index in [0.29, 0.717) is 5.70 Å². The summed E-state index contributed by atoms with van der Waals surface area (Å²) in [6.45, 7) is 3.77. The highest BCUT2D eigenvalue weighted by Gasteiger charge is 2.10. The predicted molar refractivity (Wildman–Crippen MR) is 77.6 cm³/mol. The molecule has 0 aliphatic heterocycles. The van der Waals surface area contributed by atoms with Crippen molar-refractivity contribution >= 4 is 27.5 Å². The first kappa shape index (κ1) is 14.3. The number of aliphatic imine (C=N–C) groups is 1. The zero-order valence-corrected chi connectivity index (χ0v) is 11.9. The molecular formula is C13H15BrN4.